The predicted molar refractivity (Wildman–Crippen MR) is 60.1 cm³/mol. The fourth-order valence-electron chi connectivity index (χ4n) is 2.71. The van der Waals surface area contributed by atoms with E-state index in [9.17, 15) is 8.78 Å². The lowest BCUT2D eigenvalue weighted by Crippen LogP contribution is -2.26. The van der Waals surface area contributed by atoms with Crippen LogP contribution in [0.1, 0.15) is 37.2 Å². The molecule has 0 bridgehead atoms. The third-order valence-corrected chi connectivity index (χ3v) is 3.59. The first-order valence-electron chi connectivity index (χ1n) is 5.88. The Labute approximate surface area is 94.7 Å². The summed E-state index contributed by atoms with van der Waals surface area (Å²) in [7, 11) is 0. The summed E-state index contributed by atoms with van der Waals surface area (Å²) >= 11 is 0. The first-order chi connectivity index (χ1) is 7.74. The summed E-state index contributed by atoms with van der Waals surface area (Å²) in [6.07, 6.45) is 4.17. The zero-order valence-electron chi connectivity index (χ0n) is 9.26. The van der Waals surface area contributed by atoms with Gasteiger partial charge in [0.25, 0.3) is 0 Å². The molecule has 0 heterocycles. The minimum Gasteiger partial charge on any atom is -0.330 e. The Morgan fingerprint density at radius 1 is 1.19 bits per heavy atom. The second-order valence-corrected chi connectivity index (χ2v) is 4.53. The lowest BCUT2D eigenvalue weighted by molar-refractivity contribution is 0.305. The Balaban J connectivity index is 2.30. The minimum atomic E-state index is -0.751. The molecule has 1 aromatic carbocycles. The minimum absolute atomic E-state index is 0.0921. The van der Waals surface area contributed by atoms with Crippen molar-refractivity contribution in [2.45, 2.75) is 31.6 Å². The Hall–Kier alpha value is -0.960. The van der Waals surface area contributed by atoms with Crippen molar-refractivity contribution in [1.29, 1.82) is 0 Å². The van der Waals surface area contributed by atoms with Gasteiger partial charge in [0.1, 0.15) is 0 Å². The van der Waals surface area contributed by atoms with Crippen molar-refractivity contribution in [3.8, 4) is 0 Å². The van der Waals surface area contributed by atoms with Gasteiger partial charge < -0.3 is 5.73 Å². The summed E-state index contributed by atoms with van der Waals surface area (Å²) in [5.74, 6) is -1.05. The van der Waals surface area contributed by atoms with Crippen LogP contribution in [0.25, 0.3) is 0 Å². The molecular weight excluding hydrogens is 208 g/mol. The number of nitrogens with two attached hydrogens (primary N) is 1. The molecule has 1 nitrogen and oxygen atoms in total. The van der Waals surface area contributed by atoms with Crippen LogP contribution < -0.4 is 5.73 Å². The van der Waals surface area contributed by atoms with E-state index < -0.39 is 11.6 Å². The van der Waals surface area contributed by atoms with E-state index in [0.717, 1.165) is 25.7 Å². The normalized spacial score (nSPS) is 25.7. The van der Waals surface area contributed by atoms with Crippen LogP contribution in [0.5, 0.6) is 0 Å². The van der Waals surface area contributed by atoms with Crippen molar-refractivity contribution in [3.63, 3.8) is 0 Å². The van der Waals surface area contributed by atoms with Gasteiger partial charge in [-0.1, -0.05) is 25.0 Å². The largest absolute Gasteiger partial charge is 0.330 e. The number of halogens is 2. The van der Waals surface area contributed by atoms with Gasteiger partial charge in [0.2, 0.25) is 0 Å². The van der Waals surface area contributed by atoms with E-state index in [2.05, 4.69) is 0 Å². The van der Waals surface area contributed by atoms with Gasteiger partial charge in [-0.2, -0.15) is 0 Å². The number of rotatable bonds is 2. The van der Waals surface area contributed by atoms with Crippen LogP contribution >= 0.6 is 0 Å². The fraction of sp³-hybridized carbons (Fsp3) is 0.538. The molecule has 0 aromatic heterocycles. The molecule has 0 radical (unpaired) electrons. The van der Waals surface area contributed by atoms with Crippen molar-refractivity contribution < 1.29 is 8.78 Å². The molecule has 88 valence electrons. The van der Waals surface area contributed by atoms with Gasteiger partial charge >= 0.3 is 0 Å². The first kappa shape index (κ1) is 11.5. The van der Waals surface area contributed by atoms with Crippen LogP contribution in [-0.4, -0.2) is 6.54 Å². The number of hydrogen-bond acceptors (Lipinski definition) is 1. The van der Waals surface area contributed by atoms with E-state index in [0.29, 0.717) is 18.0 Å². The van der Waals surface area contributed by atoms with Crippen molar-refractivity contribution in [3.05, 3.63) is 35.4 Å². The molecule has 3 heteroatoms. The number of hydrogen-bond donors (Lipinski definition) is 1. The van der Waals surface area contributed by atoms with Crippen LogP contribution in [0.15, 0.2) is 18.2 Å². The molecule has 2 atom stereocenters. The lowest BCUT2D eigenvalue weighted by atomic mass is 9.75. The van der Waals surface area contributed by atoms with Crippen LogP contribution in [0.2, 0.25) is 0 Å². The standard InChI is InChI=1S/C13H17F2N/c14-12-7-3-6-11(13(12)15)10-5-2-1-4-9(10)8-16/h3,6-7,9-10H,1-2,4-5,8,16H2. The molecule has 16 heavy (non-hydrogen) atoms. The van der Waals surface area contributed by atoms with Crippen LogP contribution in [0, 0.1) is 17.6 Å². The molecule has 0 saturated heterocycles. The summed E-state index contributed by atoms with van der Waals surface area (Å²) < 4.78 is 26.8. The van der Waals surface area contributed by atoms with Gasteiger partial charge in [-0.15, -0.1) is 0 Å². The van der Waals surface area contributed by atoms with E-state index in [-0.39, 0.29) is 5.92 Å². The Bertz CT molecular complexity index is 365. The maximum Gasteiger partial charge on any atom is 0.162 e. The zero-order chi connectivity index (χ0) is 11.5. The second kappa shape index (κ2) is 4.91. The van der Waals surface area contributed by atoms with Gasteiger partial charge in [0, 0.05) is 0 Å². The average molecular weight is 225 g/mol. The highest BCUT2D eigenvalue weighted by molar-refractivity contribution is 5.24. The fourth-order valence-corrected chi connectivity index (χ4v) is 2.71. The van der Waals surface area contributed by atoms with E-state index in [1.165, 1.54) is 6.07 Å². The Morgan fingerprint density at radius 2 is 1.94 bits per heavy atom. The summed E-state index contributed by atoms with van der Waals surface area (Å²) in [6.45, 7) is 0.556. The molecular formula is C13H17F2N. The first-order valence-corrected chi connectivity index (χ1v) is 5.88. The second-order valence-electron chi connectivity index (χ2n) is 4.53. The van der Waals surface area contributed by atoms with E-state index in [1.54, 1.807) is 12.1 Å². The van der Waals surface area contributed by atoms with Crippen LogP contribution in [0.4, 0.5) is 8.78 Å². The summed E-state index contributed by atoms with van der Waals surface area (Å²) in [5, 5.41) is 0. The van der Waals surface area contributed by atoms with Crippen molar-refractivity contribution in [2.24, 2.45) is 11.7 Å². The maximum atomic E-state index is 13.7. The monoisotopic (exact) mass is 225 g/mol. The smallest absolute Gasteiger partial charge is 0.162 e. The van der Waals surface area contributed by atoms with E-state index in [1.807, 2.05) is 0 Å². The molecule has 2 rings (SSSR count). The summed E-state index contributed by atoms with van der Waals surface area (Å²) in [5.41, 5.74) is 6.21. The zero-order valence-corrected chi connectivity index (χ0v) is 9.26. The molecule has 0 spiro atoms. The molecule has 2 unspecified atom stereocenters. The Morgan fingerprint density at radius 3 is 2.69 bits per heavy atom. The van der Waals surface area contributed by atoms with Crippen molar-refractivity contribution >= 4 is 0 Å². The third kappa shape index (κ3) is 2.09. The lowest BCUT2D eigenvalue weighted by Gasteiger charge is -2.31. The molecule has 2 N–H and O–H groups in total. The van der Waals surface area contributed by atoms with Crippen molar-refractivity contribution in [1.82, 2.24) is 0 Å². The number of benzene rings is 1. The molecule has 1 saturated carbocycles. The summed E-state index contributed by atoms with van der Waals surface area (Å²) in [6, 6.07) is 4.44. The topological polar surface area (TPSA) is 26.0 Å². The summed E-state index contributed by atoms with van der Waals surface area (Å²) in [4.78, 5) is 0. The van der Waals surface area contributed by atoms with E-state index >= 15 is 0 Å². The van der Waals surface area contributed by atoms with Crippen LogP contribution in [-0.2, 0) is 0 Å². The molecule has 1 fully saturated rings. The highest BCUT2D eigenvalue weighted by Gasteiger charge is 2.28. The molecule has 1 aliphatic carbocycles. The van der Waals surface area contributed by atoms with Gasteiger partial charge in [0.15, 0.2) is 11.6 Å². The van der Waals surface area contributed by atoms with Gasteiger partial charge in [-0.05, 0) is 42.9 Å². The molecule has 0 amide bonds. The van der Waals surface area contributed by atoms with Crippen LogP contribution in [0.3, 0.4) is 0 Å². The average Bonchev–Trinajstić information content (AvgIpc) is 2.33. The maximum absolute atomic E-state index is 13.7. The van der Waals surface area contributed by atoms with Crippen molar-refractivity contribution in [2.75, 3.05) is 6.54 Å². The SMILES string of the molecule is NCC1CCCCC1c1cccc(F)c1F. The highest BCUT2D eigenvalue weighted by Crippen LogP contribution is 2.38. The Kier molecular flexibility index (Phi) is 3.54. The van der Waals surface area contributed by atoms with E-state index in [4.69, 9.17) is 5.73 Å². The van der Waals surface area contributed by atoms with Gasteiger partial charge in [-0.3, -0.25) is 0 Å². The predicted octanol–water partition coefficient (Wildman–Crippen LogP) is 3.20. The quantitative estimate of drug-likeness (QED) is 0.821. The highest BCUT2D eigenvalue weighted by atomic mass is 19.2. The molecule has 1 aliphatic rings. The van der Waals surface area contributed by atoms with Gasteiger partial charge in [-0.25, -0.2) is 8.78 Å². The third-order valence-electron chi connectivity index (χ3n) is 3.59. The molecule has 0 aliphatic heterocycles. The van der Waals surface area contributed by atoms with Gasteiger partial charge in [0.05, 0.1) is 0 Å². The molecule has 1 aromatic rings.